The van der Waals surface area contributed by atoms with Gasteiger partial charge in [-0.2, -0.15) is 5.26 Å². The molecule has 172 valence electrons. The van der Waals surface area contributed by atoms with Crippen LogP contribution in [0.15, 0.2) is 36.4 Å². The molecule has 4 rings (SSSR count). The van der Waals surface area contributed by atoms with Crippen LogP contribution in [0.1, 0.15) is 24.5 Å². The number of hydrogen-bond acceptors (Lipinski definition) is 5. The Morgan fingerprint density at radius 3 is 2.85 bits per heavy atom. The van der Waals surface area contributed by atoms with Crippen LogP contribution in [-0.2, 0) is 27.2 Å². The van der Waals surface area contributed by atoms with E-state index in [1.54, 1.807) is 17.9 Å². The van der Waals surface area contributed by atoms with Crippen molar-refractivity contribution in [3.63, 3.8) is 0 Å². The van der Waals surface area contributed by atoms with Crippen LogP contribution < -0.4 is 15.5 Å². The topological polar surface area (TPSA) is 94.5 Å². The number of benzene rings is 2. The molecule has 0 aromatic heterocycles. The van der Waals surface area contributed by atoms with Crippen LogP contribution >= 0.6 is 0 Å². The van der Waals surface area contributed by atoms with Crippen molar-refractivity contribution < 1.29 is 18.7 Å². The molecule has 0 spiro atoms. The largest absolute Gasteiger partial charge is 0.367 e. The van der Waals surface area contributed by atoms with E-state index in [0.29, 0.717) is 25.3 Å². The molecule has 1 saturated heterocycles. The van der Waals surface area contributed by atoms with E-state index in [1.165, 1.54) is 6.07 Å². The monoisotopic (exact) mass is 450 g/mol. The lowest BCUT2D eigenvalue weighted by Crippen LogP contribution is -2.46. The molecule has 2 aliphatic rings. The Balaban J connectivity index is 1.44. The molecule has 0 saturated carbocycles. The first-order valence-corrected chi connectivity index (χ1v) is 11.2. The second-order valence-electron chi connectivity index (χ2n) is 8.38. The fourth-order valence-electron chi connectivity index (χ4n) is 4.30. The van der Waals surface area contributed by atoms with Crippen LogP contribution in [-0.4, -0.2) is 50.2 Å². The lowest BCUT2D eigenvalue weighted by atomic mass is 9.98. The molecule has 2 aromatic carbocycles. The summed E-state index contributed by atoms with van der Waals surface area (Å²) in [4.78, 5) is 25.9. The average Bonchev–Trinajstić information content (AvgIpc) is 3.04. The first kappa shape index (κ1) is 22.9. The quantitative estimate of drug-likeness (QED) is 0.729. The lowest BCUT2D eigenvalue weighted by Gasteiger charge is -2.18. The van der Waals surface area contributed by atoms with Crippen molar-refractivity contribution in [2.24, 2.45) is 0 Å². The van der Waals surface area contributed by atoms with Crippen molar-refractivity contribution in [3.8, 4) is 17.2 Å². The second-order valence-corrected chi connectivity index (χ2v) is 8.38. The molecule has 0 aliphatic carbocycles. The van der Waals surface area contributed by atoms with Crippen molar-refractivity contribution in [2.45, 2.75) is 38.3 Å². The third kappa shape index (κ3) is 5.21. The Hall–Kier alpha value is -3.28. The van der Waals surface area contributed by atoms with E-state index in [2.05, 4.69) is 10.6 Å². The summed E-state index contributed by atoms with van der Waals surface area (Å²) in [5.41, 5.74) is 3.91. The number of amides is 2. The van der Waals surface area contributed by atoms with Crippen molar-refractivity contribution in [3.05, 3.63) is 53.3 Å². The number of carbonyl (C=O) groups is 2. The molecule has 1 fully saturated rings. The maximum Gasteiger partial charge on any atom is 0.251 e. The molecule has 8 heteroatoms. The molecule has 2 heterocycles. The van der Waals surface area contributed by atoms with Gasteiger partial charge < -0.3 is 20.3 Å². The summed E-state index contributed by atoms with van der Waals surface area (Å²) in [7, 11) is 0. The number of carbonyl (C=O) groups excluding carboxylic acids is 2. The van der Waals surface area contributed by atoms with Gasteiger partial charge in [-0.05, 0) is 59.8 Å². The molecular formula is C25H27FN4O3. The van der Waals surface area contributed by atoms with Crippen molar-refractivity contribution in [1.82, 2.24) is 10.6 Å². The first-order chi connectivity index (χ1) is 16.0. The predicted molar refractivity (Wildman–Crippen MR) is 122 cm³/mol. The number of ether oxygens (including phenoxy) is 1. The number of anilines is 1. The van der Waals surface area contributed by atoms with Crippen LogP contribution in [0, 0.1) is 17.1 Å². The Morgan fingerprint density at radius 1 is 1.30 bits per heavy atom. The van der Waals surface area contributed by atoms with Gasteiger partial charge in [0, 0.05) is 38.7 Å². The summed E-state index contributed by atoms with van der Waals surface area (Å²) >= 11 is 0. The maximum absolute atomic E-state index is 14.9. The molecule has 0 radical (unpaired) electrons. The highest BCUT2D eigenvalue weighted by atomic mass is 19.1. The van der Waals surface area contributed by atoms with E-state index < -0.39 is 18.0 Å². The zero-order chi connectivity index (χ0) is 23.4. The minimum atomic E-state index is -0.859. The SMILES string of the molecule is CC(=O)N1CCc2cc(-c3ccc(C[C@@H](C#N)NC(=O)[C@@H]4CNCCCO4)c(F)c3)ccc21. The highest BCUT2D eigenvalue weighted by molar-refractivity contribution is 5.94. The van der Waals surface area contributed by atoms with Gasteiger partial charge in [0.1, 0.15) is 18.0 Å². The number of nitrogens with zero attached hydrogens (tertiary/aromatic N) is 2. The van der Waals surface area contributed by atoms with Gasteiger partial charge in [-0.25, -0.2) is 4.39 Å². The van der Waals surface area contributed by atoms with Crippen LogP contribution in [0.5, 0.6) is 0 Å². The van der Waals surface area contributed by atoms with E-state index in [-0.39, 0.29) is 18.2 Å². The Kier molecular flexibility index (Phi) is 7.02. The summed E-state index contributed by atoms with van der Waals surface area (Å²) < 4.78 is 20.4. The van der Waals surface area contributed by atoms with E-state index >= 15 is 0 Å². The minimum Gasteiger partial charge on any atom is -0.367 e. The molecule has 0 unspecified atom stereocenters. The van der Waals surface area contributed by atoms with E-state index in [9.17, 15) is 19.2 Å². The van der Waals surface area contributed by atoms with Gasteiger partial charge in [-0.3, -0.25) is 9.59 Å². The summed E-state index contributed by atoms with van der Waals surface area (Å²) in [5.74, 6) is -0.788. The van der Waals surface area contributed by atoms with Gasteiger partial charge in [0.15, 0.2) is 0 Å². The molecule has 2 amide bonds. The highest BCUT2D eigenvalue weighted by Gasteiger charge is 2.25. The third-order valence-electron chi connectivity index (χ3n) is 6.08. The Labute approximate surface area is 192 Å². The number of hydrogen-bond donors (Lipinski definition) is 2. The lowest BCUT2D eigenvalue weighted by molar-refractivity contribution is -0.132. The molecule has 0 bridgehead atoms. The molecule has 2 aliphatic heterocycles. The van der Waals surface area contributed by atoms with Gasteiger partial charge in [0.2, 0.25) is 5.91 Å². The van der Waals surface area contributed by atoms with E-state index in [4.69, 9.17) is 4.74 Å². The number of halogens is 1. The summed E-state index contributed by atoms with van der Waals surface area (Å²) in [6.07, 6.45) is 0.996. The van der Waals surface area contributed by atoms with Crippen LogP contribution in [0.2, 0.25) is 0 Å². The van der Waals surface area contributed by atoms with Crippen molar-refractivity contribution >= 4 is 17.5 Å². The highest BCUT2D eigenvalue weighted by Crippen LogP contribution is 2.33. The standard InChI is InChI=1S/C25H27FN4O3/c1-16(31)30-9-7-20-11-17(5-6-23(20)30)18-3-4-19(22(26)13-18)12-21(14-27)29-25(32)24-15-28-8-2-10-33-24/h3-6,11,13,21,24,28H,2,7-10,12,15H2,1H3,(H,29,32)/t21-,24-/m0/s1. The van der Waals surface area contributed by atoms with Crippen LogP contribution in [0.3, 0.4) is 0 Å². The zero-order valence-electron chi connectivity index (χ0n) is 18.6. The summed E-state index contributed by atoms with van der Waals surface area (Å²) in [6, 6.07) is 11.9. The van der Waals surface area contributed by atoms with Gasteiger partial charge in [0.05, 0.1) is 6.07 Å². The van der Waals surface area contributed by atoms with Gasteiger partial charge in [-0.1, -0.05) is 18.2 Å². The Bertz CT molecular complexity index is 1090. The van der Waals surface area contributed by atoms with Gasteiger partial charge in [0.25, 0.3) is 5.91 Å². The molecule has 2 aromatic rings. The Morgan fingerprint density at radius 2 is 2.09 bits per heavy atom. The molecular weight excluding hydrogens is 423 g/mol. The van der Waals surface area contributed by atoms with Crippen molar-refractivity contribution in [2.75, 3.05) is 31.1 Å². The summed E-state index contributed by atoms with van der Waals surface area (Å²) in [5, 5.41) is 15.3. The fraction of sp³-hybridized carbons (Fsp3) is 0.400. The van der Waals surface area contributed by atoms with Crippen LogP contribution in [0.4, 0.5) is 10.1 Å². The minimum absolute atomic E-state index is 0.0119. The number of fused-ring (bicyclic) bond motifs is 1. The third-order valence-corrected chi connectivity index (χ3v) is 6.08. The van der Waals surface area contributed by atoms with Gasteiger partial charge >= 0.3 is 0 Å². The molecule has 2 atom stereocenters. The average molecular weight is 451 g/mol. The molecule has 33 heavy (non-hydrogen) atoms. The normalized spacial score (nSPS) is 18.7. The second kappa shape index (κ2) is 10.1. The number of nitriles is 1. The van der Waals surface area contributed by atoms with Gasteiger partial charge in [-0.15, -0.1) is 0 Å². The number of rotatable bonds is 5. The van der Waals surface area contributed by atoms with Crippen LogP contribution in [0.25, 0.3) is 11.1 Å². The van der Waals surface area contributed by atoms with Crippen molar-refractivity contribution in [1.29, 1.82) is 5.26 Å². The van der Waals surface area contributed by atoms with E-state index in [0.717, 1.165) is 41.8 Å². The first-order valence-electron chi connectivity index (χ1n) is 11.2. The maximum atomic E-state index is 14.9. The molecule has 7 nitrogen and oxygen atoms in total. The zero-order valence-corrected chi connectivity index (χ0v) is 18.6. The fourth-order valence-corrected chi connectivity index (χ4v) is 4.30. The predicted octanol–water partition coefficient (Wildman–Crippen LogP) is 2.33. The summed E-state index contributed by atoms with van der Waals surface area (Å²) in [6.45, 7) is 3.85. The smallest absolute Gasteiger partial charge is 0.251 e. The molecule has 2 N–H and O–H groups in total. The number of nitrogens with one attached hydrogen (secondary N) is 2. The van der Waals surface area contributed by atoms with E-state index in [1.807, 2.05) is 30.3 Å².